The Morgan fingerprint density at radius 2 is 2.05 bits per heavy atom. The number of benzene rings is 1. The van der Waals surface area contributed by atoms with E-state index in [0.29, 0.717) is 6.54 Å². The molecular formula is C16H17NOS2. The number of hydrogen-bond acceptors (Lipinski definition) is 3. The monoisotopic (exact) mass is 303 g/mol. The zero-order valence-electron chi connectivity index (χ0n) is 11.1. The lowest BCUT2D eigenvalue weighted by Gasteiger charge is -2.01. The Balaban J connectivity index is 1.59. The number of thiophene rings is 1. The number of hydrogen-bond donors (Lipinski definition) is 1. The van der Waals surface area contributed by atoms with E-state index in [9.17, 15) is 4.79 Å². The largest absolute Gasteiger partial charge is 0.352 e. The molecule has 1 amide bonds. The third-order valence-corrected chi connectivity index (χ3v) is 4.66. The predicted octanol–water partition coefficient (Wildman–Crippen LogP) is 3.81. The molecule has 0 bridgehead atoms. The van der Waals surface area contributed by atoms with Gasteiger partial charge < -0.3 is 5.32 Å². The van der Waals surface area contributed by atoms with Gasteiger partial charge in [0.15, 0.2) is 0 Å². The van der Waals surface area contributed by atoms with Crippen LogP contribution in [0.1, 0.15) is 10.4 Å². The second-order valence-electron chi connectivity index (χ2n) is 4.17. The summed E-state index contributed by atoms with van der Waals surface area (Å²) in [5.74, 6) is 1.92. The molecule has 1 heterocycles. The van der Waals surface area contributed by atoms with E-state index >= 15 is 0 Å². The van der Waals surface area contributed by atoms with Crippen molar-refractivity contribution in [3.63, 3.8) is 0 Å². The summed E-state index contributed by atoms with van der Waals surface area (Å²) in [6, 6.07) is 14.0. The number of amides is 1. The average molecular weight is 303 g/mol. The molecule has 1 aromatic carbocycles. The highest BCUT2D eigenvalue weighted by atomic mass is 32.2. The first-order valence-electron chi connectivity index (χ1n) is 6.46. The molecular weight excluding hydrogens is 286 g/mol. The second-order valence-corrected chi connectivity index (χ2v) is 6.30. The van der Waals surface area contributed by atoms with E-state index in [4.69, 9.17) is 0 Å². The van der Waals surface area contributed by atoms with Crippen molar-refractivity contribution in [2.24, 2.45) is 0 Å². The van der Waals surface area contributed by atoms with E-state index in [-0.39, 0.29) is 5.91 Å². The maximum atomic E-state index is 11.6. The molecule has 20 heavy (non-hydrogen) atoms. The zero-order chi connectivity index (χ0) is 14.0. The van der Waals surface area contributed by atoms with Gasteiger partial charge >= 0.3 is 0 Å². The van der Waals surface area contributed by atoms with Crippen molar-refractivity contribution in [2.45, 2.75) is 5.75 Å². The van der Waals surface area contributed by atoms with Crippen molar-refractivity contribution < 1.29 is 4.79 Å². The second kappa shape index (κ2) is 8.61. The molecule has 0 spiro atoms. The van der Waals surface area contributed by atoms with Crippen molar-refractivity contribution in [1.29, 1.82) is 0 Å². The Bertz CT molecular complexity index is 535. The number of rotatable bonds is 7. The van der Waals surface area contributed by atoms with Crippen LogP contribution in [0.15, 0.2) is 53.9 Å². The smallest absolute Gasteiger partial charge is 0.244 e. The fourth-order valence-corrected chi connectivity index (χ4v) is 3.31. The molecule has 0 fully saturated rings. The van der Waals surface area contributed by atoms with Crippen LogP contribution in [-0.4, -0.2) is 18.2 Å². The first-order chi connectivity index (χ1) is 9.84. The maximum Gasteiger partial charge on any atom is 0.244 e. The topological polar surface area (TPSA) is 29.1 Å². The molecule has 4 heteroatoms. The first kappa shape index (κ1) is 14.9. The van der Waals surface area contributed by atoms with Gasteiger partial charge in [0.2, 0.25) is 5.91 Å². The summed E-state index contributed by atoms with van der Waals surface area (Å²) in [5.41, 5.74) is 1.04. The molecule has 0 radical (unpaired) electrons. The van der Waals surface area contributed by atoms with E-state index in [1.165, 1.54) is 4.88 Å². The van der Waals surface area contributed by atoms with Gasteiger partial charge in [0.25, 0.3) is 0 Å². The first-order valence-corrected chi connectivity index (χ1v) is 8.49. The van der Waals surface area contributed by atoms with Crippen molar-refractivity contribution >= 4 is 35.1 Å². The summed E-state index contributed by atoms with van der Waals surface area (Å²) in [7, 11) is 0. The summed E-state index contributed by atoms with van der Waals surface area (Å²) in [6.07, 6.45) is 3.41. The van der Waals surface area contributed by atoms with E-state index in [2.05, 4.69) is 22.8 Å². The molecule has 0 saturated heterocycles. The van der Waals surface area contributed by atoms with Crippen LogP contribution in [0.4, 0.5) is 0 Å². The van der Waals surface area contributed by atoms with E-state index in [0.717, 1.165) is 17.1 Å². The molecule has 0 aliphatic carbocycles. The summed E-state index contributed by atoms with van der Waals surface area (Å²) < 4.78 is 0. The molecule has 2 nitrogen and oxygen atoms in total. The summed E-state index contributed by atoms with van der Waals surface area (Å²) in [4.78, 5) is 13.0. The molecule has 1 aromatic heterocycles. The highest BCUT2D eigenvalue weighted by Crippen LogP contribution is 2.16. The molecule has 1 N–H and O–H groups in total. The Kier molecular flexibility index (Phi) is 6.41. The van der Waals surface area contributed by atoms with Gasteiger partial charge in [-0.15, -0.1) is 11.3 Å². The lowest BCUT2D eigenvalue weighted by Crippen LogP contribution is -2.23. The fraction of sp³-hybridized carbons (Fsp3) is 0.188. The minimum Gasteiger partial charge on any atom is -0.352 e. The minimum absolute atomic E-state index is 0.0365. The third-order valence-electron chi connectivity index (χ3n) is 2.60. The Hall–Kier alpha value is -1.52. The minimum atomic E-state index is -0.0365. The van der Waals surface area contributed by atoms with Crippen molar-refractivity contribution in [2.75, 3.05) is 12.3 Å². The number of carbonyl (C=O) groups is 1. The summed E-state index contributed by atoms with van der Waals surface area (Å²) in [5, 5.41) is 4.98. The molecule has 2 aromatic rings. The molecule has 104 valence electrons. The van der Waals surface area contributed by atoms with Crippen LogP contribution in [0.2, 0.25) is 0 Å². The standard InChI is InChI=1S/C16H17NOS2/c18-16(9-8-14-5-2-1-3-6-14)17-10-12-19-13-15-7-4-11-20-15/h1-9,11H,10,12-13H2,(H,17,18)/b9-8+. The zero-order valence-corrected chi connectivity index (χ0v) is 12.8. The van der Waals surface area contributed by atoms with Crippen LogP contribution in [0, 0.1) is 0 Å². The van der Waals surface area contributed by atoms with Crippen molar-refractivity contribution in [3.8, 4) is 0 Å². The normalized spacial score (nSPS) is 10.8. The van der Waals surface area contributed by atoms with Crippen LogP contribution in [-0.2, 0) is 10.5 Å². The van der Waals surface area contributed by atoms with Crippen molar-refractivity contribution in [3.05, 3.63) is 64.4 Å². The van der Waals surface area contributed by atoms with Crippen LogP contribution >= 0.6 is 23.1 Å². The van der Waals surface area contributed by atoms with Gasteiger partial charge in [0, 0.05) is 29.0 Å². The fourth-order valence-electron chi connectivity index (χ4n) is 1.61. The highest BCUT2D eigenvalue weighted by molar-refractivity contribution is 7.98. The quantitative estimate of drug-likeness (QED) is 0.622. The van der Waals surface area contributed by atoms with Crippen LogP contribution < -0.4 is 5.32 Å². The van der Waals surface area contributed by atoms with E-state index in [1.807, 2.05) is 48.2 Å². The van der Waals surface area contributed by atoms with E-state index < -0.39 is 0 Å². The molecule has 0 atom stereocenters. The molecule has 0 unspecified atom stereocenters. The van der Waals surface area contributed by atoms with Crippen LogP contribution in [0.5, 0.6) is 0 Å². The number of nitrogens with one attached hydrogen (secondary N) is 1. The van der Waals surface area contributed by atoms with Gasteiger partial charge in [-0.1, -0.05) is 36.4 Å². The van der Waals surface area contributed by atoms with Gasteiger partial charge in [-0.2, -0.15) is 11.8 Å². The van der Waals surface area contributed by atoms with Crippen LogP contribution in [0.25, 0.3) is 6.08 Å². The maximum absolute atomic E-state index is 11.6. The average Bonchev–Trinajstić information content (AvgIpc) is 2.99. The lowest BCUT2D eigenvalue weighted by atomic mass is 10.2. The Morgan fingerprint density at radius 3 is 2.80 bits per heavy atom. The lowest BCUT2D eigenvalue weighted by molar-refractivity contribution is -0.116. The van der Waals surface area contributed by atoms with Gasteiger partial charge in [-0.05, 0) is 23.1 Å². The molecule has 0 saturated carbocycles. The van der Waals surface area contributed by atoms with Gasteiger partial charge in [-0.25, -0.2) is 0 Å². The molecule has 2 rings (SSSR count). The summed E-state index contributed by atoms with van der Waals surface area (Å²) >= 11 is 3.61. The number of thioether (sulfide) groups is 1. The Labute approximate surface area is 127 Å². The highest BCUT2D eigenvalue weighted by Gasteiger charge is 1.97. The van der Waals surface area contributed by atoms with Gasteiger partial charge in [0.1, 0.15) is 0 Å². The summed E-state index contributed by atoms with van der Waals surface area (Å²) in [6.45, 7) is 0.702. The van der Waals surface area contributed by atoms with Crippen LogP contribution in [0.3, 0.4) is 0 Å². The van der Waals surface area contributed by atoms with Crippen molar-refractivity contribution in [1.82, 2.24) is 5.32 Å². The third kappa shape index (κ3) is 5.63. The Morgan fingerprint density at radius 1 is 1.20 bits per heavy atom. The molecule has 0 aliphatic rings. The van der Waals surface area contributed by atoms with E-state index in [1.54, 1.807) is 17.4 Å². The SMILES string of the molecule is O=C(/C=C/c1ccccc1)NCCSCc1cccs1. The predicted molar refractivity (Wildman–Crippen MR) is 89.0 cm³/mol. The number of carbonyl (C=O) groups excluding carboxylic acids is 1. The van der Waals surface area contributed by atoms with Gasteiger partial charge in [-0.3, -0.25) is 4.79 Å². The molecule has 0 aliphatic heterocycles. The van der Waals surface area contributed by atoms with Gasteiger partial charge in [0.05, 0.1) is 0 Å².